The van der Waals surface area contributed by atoms with Crippen LogP contribution >= 0.6 is 11.6 Å². The highest BCUT2D eigenvalue weighted by molar-refractivity contribution is 6.33. The van der Waals surface area contributed by atoms with Crippen LogP contribution in [-0.2, 0) is 9.59 Å². The maximum absolute atomic E-state index is 13.5. The second-order valence-corrected chi connectivity index (χ2v) is 8.72. The predicted octanol–water partition coefficient (Wildman–Crippen LogP) is 5.17. The first-order valence-corrected chi connectivity index (χ1v) is 11.2. The minimum absolute atomic E-state index is 0.0334. The molecule has 6 nitrogen and oxygen atoms in total. The van der Waals surface area contributed by atoms with Gasteiger partial charge in [-0.05, 0) is 67.6 Å². The molecule has 1 aromatic heterocycles. The third-order valence-corrected chi connectivity index (χ3v) is 6.20. The number of aliphatic carboxylic acids is 1. The molecule has 1 saturated heterocycles. The lowest BCUT2D eigenvalue weighted by Gasteiger charge is -2.33. The standard InChI is InChI=1S/C25H24ClFN2O4/c1-15(25(32)29-10-2-3-16(14-29)11-24(30)31)33-18-5-7-21-19(8-9-28-23(21)13-18)20-6-4-17(27)12-22(20)26/h4-9,12-13,15-16H,2-3,10-11,14H2,1H3,(H,30,31)/t15?,16-/m0/s1. The van der Waals surface area contributed by atoms with Gasteiger partial charge < -0.3 is 14.7 Å². The molecule has 1 aliphatic rings. The second kappa shape index (κ2) is 9.75. The number of carboxylic acids is 1. The largest absolute Gasteiger partial charge is 0.481 e. The molecule has 4 rings (SSSR count). The summed E-state index contributed by atoms with van der Waals surface area (Å²) in [5.74, 6) is -0.945. The number of amides is 1. The van der Waals surface area contributed by atoms with Crippen LogP contribution in [0.5, 0.6) is 5.75 Å². The molecule has 1 aliphatic heterocycles. The van der Waals surface area contributed by atoms with E-state index in [-0.39, 0.29) is 18.2 Å². The number of carboxylic acid groups (broad SMARTS) is 1. The summed E-state index contributed by atoms with van der Waals surface area (Å²) in [4.78, 5) is 30.0. The summed E-state index contributed by atoms with van der Waals surface area (Å²) in [5, 5.41) is 10.2. The molecule has 8 heteroatoms. The molecule has 0 aliphatic carbocycles. The van der Waals surface area contributed by atoms with Crippen LogP contribution in [0.4, 0.5) is 4.39 Å². The molecule has 1 N–H and O–H groups in total. The molecule has 1 fully saturated rings. The van der Waals surface area contributed by atoms with E-state index < -0.39 is 17.9 Å². The van der Waals surface area contributed by atoms with Crippen LogP contribution in [0, 0.1) is 11.7 Å². The van der Waals surface area contributed by atoms with E-state index in [4.69, 9.17) is 21.4 Å². The van der Waals surface area contributed by atoms with Gasteiger partial charge in [-0.2, -0.15) is 0 Å². The third kappa shape index (κ3) is 5.25. The van der Waals surface area contributed by atoms with Crippen molar-refractivity contribution < 1.29 is 23.8 Å². The number of benzene rings is 2. The number of pyridine rings is 1. The molecule has 172 valence electrons. The van der Waals surface area contributed by atoms with Gasteiger partial charge in [-0.1, -0.05) is 11.6 Å². The molecular formula is C25H24ClFN2O4. The van der Waals surface area contributed by atoms with Crippen molar-refractivity contribution in [3.05, 3.63) is 59.5 Å². The van der Waals surface area contributed by atoms with Gasteiger partial charge in [0.05, 0.1) is 10.5 Å². The number of likely N-dealkylation sites (tertiary alicyclic amines) is 1. The van der Waals surface area contributed by atoms with E-state index in [9.17, 15) is 14.0 Å². The Bertz CT molecular complexity index is 1200. The zero-order valence-electron chi connectivity index (χ0n) is 18.1. The minimum Gasteiger partial charge on any atom is -0.481 e. The zero-order valence-corrected chi connectivity index (χ0v) is 18.9. The van der Waals surface area contributed by atoms with Crippen molar-refractivity contribution in [1.82, 2.24) is 9.88 Å². The average molecular weight is 471 g/mol. The second-order valence-electron chi connectivity index (χ2n) is 8.31. The van der Waals surface area contributed by atoms with Gasteiger partial charge in [0.15, 0.2) is 6.10 Å². The quantitative estimate of drug-likeness (QED) is 0.537. The first kappa shape index (κ1) is 23.0. The van der Waals surface area contributed by atoms with Crippen molar-refractivity contribution in [3.63, 3.8) is 0 Å². The third-order valence-electron chi connectivity index (χ3n) is 5.89. The number of piperidine rings is 1. The van der Waals surface area contributed by atoms with Crippen molar-refractivity contribution >= 4 is 34.4 Å². The molecule has 33 heavy (non-hydrogen) atoms. The lowest BCUT2D eigenvalue weighted by molar-refractivity contribution is -0.143. The van der Waals surface area contributed by atoms with Crippen molar-refractivity contribution in [2.24, 2.45) is 5.92 Å². The highest BCUT2D eigenvalue weighted by Crippen LogP contribution is 2.34. The van der Waals surface area contributed by atoms with Crippen LogP contribution in [0.25, 0.3) is 22.0 Å². The lowest BCUT2D eigenvalue weighted by Crippen LogP contribution is -2.46. The van der Waals surface area contributed by atoms with Gasteiger partial charge in [0.25, 0.3) is 5.91 Å². The van der Waals surface area contributed by atoms with Crippen LogP contribution in [0.1, 0.15) is 26.2 Å². The van der Waals surface area contributed by atoms with Gasteiger partial charge in [0.2, 0.25) is 0 Å². The number of halogens is 2. The van der Waals surface area contributed by atoms with E-state index in [1.807, 2.05) is 12.1 Å². The van der Waals surface area contributed by atoms with Gasteiger partial charge in [0, 0.05) is 42.7 Å². The molecule has 0 bridgehead atoms. The van der Waals surface area contributed by atoms with E-state index in [2.05, 4.69) is 4.98 Å². The summed E-state index contributed by atoms with van der Waals surface area (Å²) in [6, 6.07) is 11.4. The Kier molecular flexibility index (Phi) is 6.79. The van der Waals surface area contributed by atoms with Gasteiger partial charge in [0.1, 0.15) is 11.6 Å². The highest BCUT2D eigenvalue weighted by atomic mass is 35.5. The number of ether oxygens (including phenoxy) is 1. The van der Waals surface area contributed by atoms with Gasteiger partial charge in [-0.3, -0.25) is 14.6 Å². The first-order valence-electron chi connectivity index (χ1n) is 10.8. The number of fused-ring (bicyclic) bond motifs is 1. The van der Waals surface area contributed by atoms with Gasteiger partial charge in [-0.25, -0.2) is 4.39 Å². The summed E-state index contributed by atoms with van der Waals surface area (Å²) in [7, 11) is 0. The van der Waals surface area contributed by atoms with Crippen LogP contribution < -0.4 is 4.74 Å². The zero-order chi connectivity index (χ0) is 23.5. The van der Waals surface area contributed by atoms with E-state index in [1.165, 1.54) is 12.1 Å². The number of aromatic nitrogens is 1. The average Bonchev–Trinajstić information content (AvgIpc) is 2.78. The van der Waals surface area contributed by atoms with Crippen LogP contribution in [0.2, 0.25) is 5.02 Å². The smallest absolute Gasteiger partial charge is 0.303 e. The number of rotatable bonds is 6. The Labute approximate surface area is 195 Å². The van der Waals surface area contributed by atoms with Crippen LogP contribution in [0.3, 0.4) is 0 Å². The number of carbonyl (C=O) groups excluding carboxylic acids is 1. The van der Waals surface area contributed by atoms with E-state index >= 15 is 0 Å². The molecule has 1 unspecified atom stereocenters. The molecule has 0 radical (unpaired) electrons. The molecule has 2 atom stereocenters. The fraction of sp³-hybridized carbons (Fsp3) is 0.320. The molecular weight excluding hydrogens is 447 g/mol. The minimum atomic E-state index is -0.844. The summed E-state index contributed by atoms with van der Waals surface area (Å²) in [6.07, 6.45) is 2.58. The molecule has 2 aromatic carbocycles. The van der Waals surface area contributed by atoms with Gasteiger partial charge in [-0.15, -0.1) is 0 Å². The Morgan fingerprint density at radius 3 is 2.82 bits per heavy atom. The normalized spacial score (nSPS) is 17.1. The fourth-order valence-electron chi connectivity index (χ4n) is 4.33. The number of hydrogen-bond acceptors (Lipinski definition) is 4. The Balaban J connectivity index is 1.51. The van der Waals surface area contributed by atoms with Crippen molar-refractivity contribution in [2.75, 3.05) is 13.1 Å². The van der Waals surface area contributed by atoms with Crippen LogP contribution in [-0.4, -0.2) is 46.1 Å². The molecule has 0 saturated carbocycles. The maximum atomic E-state index is 13.5. The number of carbonyl (C=O) groups is 2. The lowest BCUT2D eigenvalue weighted by atomic mass is 9.94. The number of hydrogen-bond donors (Lipinski definition) is 1. The monoisotopic (exact) mass is 470 g/mol. The fourth-order valence-corrected chi connectivity index (χ4v) is 4.60. The van der Waals surface area contributed by atoms with E-state index in [0.717, 1.165) is 23.8 Å². The van der Waals surface area contributed by atoms with Crippen LogP contribution in [0.15, 0.2) is 48.7 Å². The highest BCUT2D eigenvalue weighted by Gasteiger charge is 2.29. The summed E-state index contributed by atoms with van der Waals surface area (Å²) >= 11 is 6.25. The molecule has 2 heterocycles. The maximum Gasteiger partial charge on any atom is 0.303 e. The van der Waals surface area contributed by atoms with Crippen molar-refractivity contribution in [3.8, 4) is 16.9 Å². The van der Waals surface area contributed by atoms with Crippen molar-refractivity contribution in [2.45, 2.75) is 32.3 Å². The Morgan fingerprint density at radius 2 is 2.06 bits per heavy atom. The van der Waals surface area contributed by atoms with E-state index in [0.29, 0.717) is 34.9 Å². The van der Waals surface area contributed by atoms with E-state index in [1.54, 1.807) is 36.2 Å². The topological polar surface area (TPSA) is 79.7 Å². The predicted molar refractivity (Wildman–Crippen MR) is 124 cm³/mol. The number of nitrogens with zero attached hydrogens (tertiary/aromatic N) is 2. The molecule has 3 aromatic rings. The summed E-state index contributed by atoms with van der Waals surface area (Å²) < 4.78 is 19.4. The SMILES string of the molecule is CC(Oc1ccc2c(-c3ccc(F)cc3Cl)ccnc2c1)C(=O)N1CCC[C@@H](CC(=O)O)C1. The summed E-state index contributed by atoms with van der Waals surface area (Å²) in [5.41, 5.74) is 2.17. The Morgan fingerprint density at radius 1 is 1.24 bits per heavy atom. The summed E-state index contributed by atoms with van der Waals surface area (Å²) in [6.45, 7) is 2.72. The molecule has 0 spiro atoms. The van der Waals surface area contributed by atoms with Gasteiger partial charge >= 0.3 is 5.97 Å². The first-order chi connectivity index (χ1) is 15.8. The van der Waals surface area contributed by atoms with Crippen molar-refractivity contribution in [1.29, 1.82) is 0 Å². The molecule has 1 amide bonds. The Hall–Kier alpha value is -3.19.